The molecule has 0 saturated carbocycles. The van der Waals surface area contributed by atoms with Gasteiger partial charge in [0.2, 0.25) is 0 Å². The summed E-state index contributed by atoms with van der Waals surface area (Å²) in [7, 11) is 0. The Balaban J connectivity index is 2.90. The molecule has 3 nitrogen and oxygen atoms in total. The van der Waals surface area contributed by atoms with E-state index in [1.54, 1.807) is 12.3 Å². The fraction of sp³-hybridized carbons (Fsp3) is 0. The van der Waals surface area contributed by atoms with Crippen molar-refractivity contribution in [3.8, 4) is 0 Å². The number of nitrogens with zero attached hydrogens (tertiary/aromatic N) is 1. The molecule has 2 aromatic rings. The molecule has 0 unspecified atom stereocenters. The Morgan fingerprint density at radius 1 is 1.64 bits per heavy atom. The molecule has 2 heterocycles. The van der Waals surface area contributed by atoms with Crippen LogP contribution >= 0.6 is 38.9 Å². The molecule has 0 atom stereocenters. The van der Waals surface area contributed by atoms with Crippen molar-refractivity contribution in [3.05, 3.63) is 26.6 Å². The van der Waals surface area contributed by atoms with Gasteiger partial charge in [-0.25, -0.2) is 4.79 Å². The van der Waals surface area contributed by atoms with E-state index in [4.69, 9.17) is 16.7 Å². The van der Waals surface area contributed by atoms with E-state index in [0.29, 0.717) is 5.52 Å². The summed E-state index contributed by atoms with van der Waals surface area (Å²) in [6.07, 6.45) is 1.54. The van der Waals surface area contributed by atoms with Crippen LogP contribution in [0.15, 0.2) is 16.7 Å². The molecule has 14 heavy (non-hydrogen) atoms. The highest BCUT2D eigenvalue weighted by molar-refractivity contribution is 9.10. The molecular formula is C8H3BrClNO2S. The Hall–Kier alpha value is -0.650. The lowest BCUT2D eigenvalue weighted by Crippen LogP contribution is -1.95. The number of carbonyl (C=O) groups is 1. The second kappa shape index (κ2) is 3.49. The van der Waals surface area contributed by atoms with Gasteiger partial charge in [0.25, 0.3) is 0 Å². The first-order valence-electron chi connectivity index (χ1n) is 3.57. The van der Waals surface area contributed by atoms with E-state index in [2.05, 4.69) is 20.9 Å². The Bertz CT molecular complexity index is 525. The van der Waals surface area contributed by atoms with Gasteiger partial charge < -0.3 is 5.11 Å². The molecule has 2 rings (SSSR count). The highest BCUT2D eigenvalue weighted by atomic mass is 79.9. The van der Waals surface area contributed by atoms with Gasteiger partial charge >= 0.3 is 5.97 Å². The zero-order chi connectivity index (χ0) is 10.3. The van der Waals surface area contributed by atoms with E-state index in [9.17, 15) is 4.79 Å². The highest BCUT2D eigenvalue weighted by Crippen LogP contribution is 2.37. The van der Waals surface area contributed by atoms with Crippen molar-refractivity contribution in [3.63, 3.8) is 0 Å². The maximum atomic E-state index is 10.9. The number of aromatic carboxylic acids is 1. The van der Waals surface area contributed by atoms with E-state index >= 15 is 0 Å². The maximum Gasteiger partial charge on any atom is 0.340 e. The van der Waals surface area contributed by atoms with Crippen LogP contribution < -0.4 is 0 Å². The predicted molar refractivity (Wildman–Crippen MR) is 59.3 cm³/mol. The number of halogens is 2. The van der Waals surface area contributed by atoms with Crippen LogP contribution in [-0.4, -0.2) is 16.1 Å². The van der Waals surface area contributed by atoms with Crippen LogP contribution in [0.1, 0.15) is 10.4 Å². The summed E-state index contributed by atoms with van der Waals surface area (Å²) in [4.78, 5) is 14.9. The molecule has 2 aromatic heterocycles. The third-order valence-electron chi connectivity index (χ3n) is 1.70. The zero-order valence-corrected chi connectivity index (χ0v) is 9.78. The van der Waals surface area contributed by atoms with E-state index in [-0.39, 0.29) is 9.90 Å². The summed E-state index contributed by atoms with van der Waals surface area (Å²) in [5.74, 6) is -1.05. The average Bonchev–Trinajstić information content (AvgIpc) is 2.42. The molecular weight excluding hydrogens is 290 g/mol. The quantitative estimate of drug-likeness (QED) is 0.876. The molecule has 0 aliphatic rings. The van der Waals surface area contributed by atoms with E-state index in [1.807, 2.05) is 0 Å². The lowest BCUT2D eigenvalue weighted by Gasteiger charge is -1.92. The normalized spacial score (nSPS) is 10.7. The minimum absolute atomic E-state index is 0.0768. The lowest BCUT2D eigenvalue weighted by molar-refractivity contribution is 0.0699. The topological polar surface area (TPSA) is 50.2 Å². The van der Waals surface area contributed by atoms with Crippen LogP contribution in [-0.2, 0) is 0 Å². The van der Waals surface area contributed by atoms with Gasteiger partial charge in [0.1, 0.15) is 9.90 Å². The van der Waals surface area contributed by atoms with Crippen molar-refractivity contribution in [2.45, 2.75) is 0 Å². The highest BCUT2D eigenvalue weighted by Gasteiger charge is 2.19. The fourth-order valence-electron chi connectivity index (χ4n) is 1.12. The summed E-state index contributed by atoms with van der Waals surface area (Å²) >= 11 is 10.3. The maximum absolute atomic E-state index is 10.9. The monoisotopic (exact) mass is 291 g/mol. The first-order valence-corrected chi connectivity index (χ1v) is 5.56. The fourth-order valence-corrected chi connectivity index (χ4v) is 2.95. The number of carboxylic acid groups (broad SMARTS) is 1. The Kier molecular flexibility index (Phi) is 2.47. The number of hydrogen-bond donors (Lipinski definition) is 1. The molecule has 0 aromatic carbocycles. The SMILES string of the molecule is O=C(O)c1c(Cl)sc2c(Br)ccnc12. The molecule has 0 aliphatic heterocycles. The van der Waals surface area contributed by atoms with Gasteiger partial charge in [0, 0.05) is 10.7 Å². The van der Waals surface area contributed by atoms with Crippen molar-refractivity contribution in [1.82, 2.24) is 4.98 Å². The molecule has 6 heteroatoms. The standard InChI is InChI=1S/C8H3BrClNO2S/c9-3-1-2-11-5-4(8(12)13)7(10)14-6(3)5/h1-2H,(H,12,13). The number of hydrogen-bond acceptors (Lipinski definition) is 3. The molecule has 0 spiro atoms. The van der Waals surface area contributed by atoms with E-state index in [0.717, 1.165) is 9.17 Å². The number of pyridine rings is 1. The molecule has 0 fully saturated rings. The molecule has 0 saturated heterocycles. The molecule has 0 aliphatic carbocycles. The van der Waals surface area contributed by atoms with Gasteiger partial charge in [-0.05, 0) is 22.0 Å². The van der Waals surface area contributed by atoms with Crippen LogP contribution in [0, 0.1) is 0 Å². The smallest absolute Gasteiger partial charge is 0.340 e. The minimum atomic E-state index is -1.05. The van der Waals surface area contributed by atoms with Crippen molar-refractivity contribution >= 4 is 55.1 Å². The summed E-state index contributed by atoms with van der Waals surface area (Å²) in [6, 6.07) is 1.75. The second-order valence-electron chi connectivity index (χ2n) is 2.53. The van der Waals surface area contributed by atoms with Crippen LogP contribution in [0.5, 0.6) is 0 Å². The van der Waals surface area contributed by atoms with E-state index < -0.39 is 5.97 Å². The Morgan fingerprint density at radius 3 is 3.00 bits per heavy atom. The van der Waals surface area contributed by atoms with Crippen LogP contribution in [0.2, 0.25) is 4.34 Å². The third-order valence-corrected chi connectivity index (χ3v) is 4.04. The molecule has 72 valence electrons. The molecule has 1 N–H and O–H groups in total. The largest absolute Gasteiger partial charge is 0.478 e. The first kappa shape index (κ1) is 9.89. The molecule has 0 radical (unpaired) electrons. The van der Waals surface area contributed by atoms with Gasteiger partial charge in [-0.3, -0.25) is 4.98 Å². The van der Waals surface area contributed by atoms with Crippen LogP contribution in [0.3, 0.4) is 0 Å². The third kappa shape index (κ3) is 1.41. The van der Waals surface area contributed by atoms with Gasteiger partial charge in [0.05, 0.1) is 10.2 Å². The predicted octanol–water partition coefficient (Wildman–Crippen LogP) is 3.41. The van der Waals surface area contributed by atoms with Crippen molar-refractivity contribution in [2.24, 2.45) is 0 Å². The number of fused-ring (bicyclic) bond motifs is 1. The van der Waals surface area contributed by atoms with Gasteiger partial charge in [-0.15, -0.1) is 11.3 Å². The van der Waals surface area contributed by atoms with Crippen molar-refractivity contribution in [2.75, 3.05) is 0 Å². The number of aromatic nitrogens is 1. The van der Waals surface area contributed by atoms with Crippen LogP contribution in [0.25, 0.3) is 10.2 Å². The molecule has 0 bridgehead atoms. The van der Waals surface area contributed by atoms with Gasteiger partial charge in [-0.1, -0.05) is 11.6 Å². The lowest BCUT2D eigenvalue weighted by atomic mass is 10.3. The Labute approximate surface area is 96.5 Å². The summed E-state index contributed by atoms with van der Waals surface area (Å²) in [6.45, 7) is 0. The zero-order valence-electron chi connectivity index (χ0n) is 6.62. The van der Waals surface area contributed by atoms with Crippen molar-refractivity contribution in [1.29, 1.82) is 0 Å². The second-order valence-corrected chi connectivity index (χ2v) is 5.00. The number of thiophene rings is 1. The number of rotatable bonds is 1. The van der Waals surface area contributed by atoms with Crippen molar-refractivity contribution < 1.29 is 9.90 Å². The first-order chi connectivity index (χ1) is 6.61. The summed E-state index contributed by atoms with van der Waals surface area (Å²) in [5, 5.41) is 8.91. The summed E-state index contributed by atoms with van der Waals surface area (Å²) < 4.78 is 1.82. The molecule has 0 amide bonds. The Morgan fingerprint density at radius 2 is 2.36 bits per heavy atom. The van der Waals surface area contributed by atoms with E-state index in [1.165, 1.54) is 11.3 Å². The average molecular weight is 293 g/mol. The summed E-state index contributed by atoms with van der Waals surface area (Å²) in [5.41, 5.74) is 0.509. The van der Waals surface area contributed by atoms with Gasteiger partial charge in [-0.2, -0.15) is 0 Å². The van der Waals surface area contributed by atoms with Gasteiger partial charge in [0.15, 0.2) is 0 Å². The van der Waals surface area contributed by atoms with Crippen LogP contribution in [0.4, 0.5) is 0 Å². The minimum Gasteiger partial charge on any atom is -0.478 e. The number of carboxylic acids is 1.